The molecule has 2 rings (SSSR count). The van der Waals surface area contributed by atoms with Gasteiger partial charge in [0.25, 0.3) is 10.2 Å². The van der Waals surface area contributed by atoms with Crippen molar-refractivity contribution in [2.24, 2.45) is 11.7 Å². The summed E-state index contributed by atoms with van der Waals surface area (Å²) < 4.78 is 29.5. The highest BCUT2D eigenvalue weighted by molar-refractivity contribution is 7.86. The SMILES string of the molecule is CCN(C1CCCNC1)S(=O)(=O)N1C[C@H](CCCB(O)O)[C@@](C)(N)C1. The number of piperidine rings is 1. The lowest BCUT2D eigenvalue weighted by molar-refractivity contribution is 0.255. The average molecular weight is 376 g/mol. The van der Waals surface area contributed by atoms with Gasteiger partial charge in [0.15, 0.2) is 0 Å². The lowest BCUT2D eigenvalue weighted by atomic mass is 9.79. The molecule has 1 unspecified atom stereocenters. The molecule has 0 aromatic rings. The van der Waals surface area contributed by atoms with Crippen LogP contribution in [0.5, 0.6) is 0 Å². The zero-order chi connectivity index (χ0) is 18.7. The van der Waals surface area contributed by atoms with Crippen molar-refractivity contribution in [1.29, 1.82) is 0 Å². The minimum atomic E-state index is -3.55. The Balaban J connectivity index is 2.05. The predicted octanol–water partition coefficient (Wildman–Crippen LogP) is -0.793. The Labute approximate surface area is 152 Å². The number of likely N-dealkylation sites (N-methyl/N-ethyl adjacent to an activating group) is 1. The van der Waals surface area contributed by atoms with Gasteiger partial charge in [0.05, 0.1) is 0 Å². The fraction of sp³-hybridized carbons (Fsp3) is 1.00. The van der Waals surface area contributed by atoms with Gasteiger partial charge >= 0.3 is 7.12 Å². The molecule has 0 saturated carbocycles. The van der Waals surface area contributed by atoms with Gasteiger partial charge in [-0.05, 0) is 45.0 Å². The zero-order valence-corrected chi connectivity index (χ0v) is 16.2. The maximum absolute atomic E-state index is 13.2. The molecule has 0 amide bonds. The summed E-state index contributed by atoms with van der Waals surface area (Å²) in [5.74, 6) is 0.0178. The molecule has 8 nitrogen and oxygen atoms in total. The van der Waals surface area contributed by atoms with Gasteiger partial charge in [0.1, 0.15) is 0 Å². The van der Waals surface area contributed by atoms with E-state index in [-0.39, 0.29) is 18.3 Å². The summed E-state index contributed by atoms with van der Waals surface area (Å²) in [7, 11) is -4.87. The molecule has 0 spiro atoms. The maximum atomic E-state index is 13.2. The normalized spacial score (nSPS) is 31.6. The van der Waals surface area contributed by atoms with Crippen molar-refractivity contribution in [3.63, 3.8) is 0 Å². The molecule has 3 atom stereocenters. The van der Waals surface area contributed by atoms with Crippen LogP contribution in [0.25, 0.3) is 0 Å². The van der Waals surface area contributed by atoms with Crippen LogP contribution in [0.3, 0.4) is 0 Å². The predicted molar refractivity (Wildman–Crippen MR) is 99.1 cm³/mol. The van der Waals surface area contributed by atoms with Gasteiger partial charge in [-0.3, -0.25) is 0 Å². The molecule has 0 aliphatic carbocycles. The van der Waals surface area contributed by atoms with E-state index in [2.05, 4.69) is 5.32 Å². The van der Waals surface area contributed by atoms with Crippen LogP contribution in [-0.4, -0.2) is 78.5 Å². The van der Waals surface area contributed by atoms with Crippen molar-refractivity contribution in [3.05, 3.63) is 0 Å². The van der Waals surface area contributed by atoms with Crippen LogP contribution in [0.2, 0.25) is 6.32 Å². The van der Waals surface area contributed by atoms with Crippen LogP contribution in [0.4, 0.5) is 0 Å². The number of nitrogens with zero attached hydrogens (tertiary/aromatic N) is 2. The number of rotatable bonds is 8. The average Bonchev–Trinajstić information content (AvgIpc) is 2.84. The van der Waals surface area contributed by atoms with Gasteiger partial charge < -0.3 is 21.1 Å². The van der Waals surface area contributed by atoms with E-state index < -0.39 is 22.9 Å². The highest BCUT2D eigenvalue weighted by Gasteiger charge is 2.46. The summed E-state index contributed by atoms with van der Waals surface area (Å²) in [5, 5.41) is 21.3. The summed E-state index contributed by atoms with van der Waals surface area (Å²) in [4.78, 5) is 0. The van der Waals surface area contributed by atoms with E-state index in [1.165, 1.54) is 4.31 Å². The zero-order valence-electron chi connectivity index (χ0n) is 15.4. The van der Waals surface area contributed by atoms with Crippen molar-refractivity contribution in [2.75, 3.05) is 32.7 Å². The second-order valence-electron chi connectivity index (χ2n) is 7.62. The first kappa shape index (κ1) is 21.1. The molecule has 0 radical (unpaired) electrons. The maximum Gasteiger partial charge on any atom is 0.451 e. The second-order valence-corrected chi connectivity index (χ2v) is 9.50. The highest BCUT2D eigenvalue weighted by Crippen LogP contribution is 2.33. The summed E-state index contributed by atoms with van der Waals surface area (Å²) in [5.41, 5.74) is 5.78. The van der Waals surface area contributed by atoms with E-state index in [1.807, 2.05) is 13.8 Å². The van der Waals surface area contributed by atoms with Gasteiger partial charge in [0, 0.05) is 37.8 Å². The molecule has 2 aliphatic heterocycles. The van der Waals surface area contributed by atoms with E-state index in [1.54, 1.807) is 4.31 Å². The Kier molecular flexibility index (Phi) is 7.29. The fourth-order valence-electron chi connectivity index (χ4n) is 4.01. The van der Waals surface area contributed by atoms with Crippen LogP contribution >= 0.6 is 0 Å². The molecule has 25 heavy (non-hydrogen) atoms. The van der Waals surface area contributed by atoms with Crippen molar-refractivity contribution in [2.45, 2.75) is 57.4 Å². The number of nitrogens with two attached hydrogens (primary N) is 1. The largest absolute Gasteiger partial charge is 0.451 e. The first-order chi connectivity index (χ1) is 11.7. The van der Waals surface area contributed by atoms with Crippen molar-refractivity contribution in [1.82, 2.24) is 13.9 Å². The van der Waals surface area contributed by atoms with Crippen molar-refractivity contribution >= 4 is 17.3 Å². The Morgan fingerprint density at radius 2 is 2.16 bits per heavy atom. The first-order valence-electron chi connectivity index (χ1n) is 9.31. The van der Waals surface area contributed by atoms with E-state index in [9.17, 15) is 8.42 Å². The third kappa shape index (κ3) is 5.15. The summed E-state index contributed by atoms with van der Waals surface area (Å²) >= 11 is 0. The molecular formula is C15H33BN4O4S. The number of nitrogens with one attached hydrogen (secondary N) is 1. The molecular weight excluding hydrogens is 343 g/mol. The second kappa shape index (κ2) is 8.64. The fourth-order valence-corrected chi connectivity index (χ4v) is 6.00. The monoisotopic (exact) mass is 376 g/mol. The third-order valence-electron chi connectivity index (χ3n) is 5.50. The van der Waals surface area contributed by atoms with Crippen LogP contribution < -0.4 is 11.1 Å². The van der Waals surface area contributed by atoms with Crippen LogP contribution in [0.1, 0.15) is 39.5 Å². The standard InChI is InChI=1S/C15H33BN4O4S/c1-3-20(14-7-5-9-18-10-14)25(23,24)19-11-13(15(2,17)12-19)6-4-8-16(21)22/h13-14,18,21-22H,3-12,17H2,1-2H3/t13-,14?,15-/m0/s1. The number of hydrogen-bond acceptors (Lipinski definition) is 6. The lowest BCUT2D eigenvalue weighted by Crippen LogP contribution is -2.53. The van der Waals surface area contributed by atoms with Crippen molar-refractivity contribution < 1.29 is 18.5 Å². The molecule has 2 fully saturated rings. The van der Waals surface area contributed by atoms with E-state index in [0.717, 1.165) is 19.4 Å². The minimum Gasteiger partial charge on any atom is -0.427 e. The molecule has 146 valence electrons. The Morgan fingerprint density at radius 1 is 1.44 bits per heavy atom. The topological polar surface area (TPSA) is 119 Å². The number of hydrogen-bond donors (Lipinski definition) is 4. The highest BCUT2D eigenvalue weighted by atomic mass is 32.2. The first-order valence-corrected chi connectivity index (χ1v) is 10.7. The van der Waals surface area contributed by atoms with Gasteiger partial charge in [-0.25, -0.2) is 0 Å². The van der Waals surface area contributed by atoms with Crippen LogP contribution in [-0.2, 0) is 10.2 Å². The van der Waals surface area contributed by atoms with Crippen LogP contribution in [0.15, 0.2) is 0 Å². The third-order valence-corrected chi connectivity index (χ3v) is 7.58. The molecule has 0 bridgehead atoms. The smallest absolute Gasteiger partial charge is 0.427 e. The quantitative estimate of drug-likeness (QED) is 0.412. The molecule has 5 N–H and O–H groups in total. The molecule has 10 heteroatoms. The van der Waals surface area contributed by atoms with Crippen LogP contribution in [0, 0.1) is 5.92 Å². The van der Waals surface area contributed by atoms with Gasteiger partial charge in [0.2, 0.25) is 0 Å². The molecule has 2 saturated heterocycles. The van der Waals surface area contributed by atoms with Gasteiger partial charge in [-0.1, -0.05) is 13.3 Å². The Bertz CT molecular complexity index is 526. The molecule has 2 heterocycles. The molecule has 0 aromatic carbocycles. The minimum absolute atomic E-state index is 0.00336. The van der Waals surface area contributed by atoms with E-state index in [0.29, 0.717) is 39.0 Å². The summed E-state index contributed by atoms with van der Waals surface area (Å²) in [6.07, 6.45) is 3.46. The summed E-state index contributed by atoms with van der Waals surface area (Å²) in [6.45, 7) is 6.56. The Morgan fingerprint density at radius 3 is 2.72 bits per heavy atom. The van der Waals surface area contributed by atoms with E-state index in [4.69, 9.17) is 15.8 Å². The molecule has 0 aromatic heterocycles. The van der Waals surface area contributed by atoms with E-state index >= 15 is 0 Å². The Hall–Kier alpha value is -0.225. The molecule has 2 aliphatic rings. The summed E-state index contributed by atoms with van der Waals surface area (Å²) in [6, 6.07) is -0.00336. The van der Waals surface area contributed by atoms with Gasteiger partial charge in [-0.2, -0.15) is 17.0 Å². The van der Waals surface area contributed by atoms with Gasteiger partial charge in [-0.15, -0.1) is 0 Å². The van der Waals surface area contributed by atoms with Crippen molar-refractivity contribution in [3.8, 4) is 0 Å². The lowest BCUT2D eigenvalue weighted by Gasteiger charge is -2.35.